The molecule has 4 aromatic carbocycles. The topological polar surface area (TPSA) is 47.0 Å². The van der Waals surface area contributed by atoms with Crippen LogP contribution in [0.4, 0.5) is 17.2 Å². The minimum atomic E-state index is -0.253. The second-order valence-electron chi connectivity index (χ2n) is 14.4. The van der Waals surface area contributed by atoms with E-state index in [0.29, 0.717) is 29.9 Å². The maximum Gasteiger partial charge on any atom is 2.00 e. The summed E-state index contributed by atoms with van der Waals surface area (Å²) in [4.78, 5) is 12.0. The van der Waals surface area contributed by atoms with E-state index in [1.165, 1.54) is 11.1 Å². The molecule has 0 saturated carbocycles. The molecule has 0 radical (unpaired) electrons. The average molecular weight is 815 g/mol. The van der Waals surface area contributed by atoms with E-state index < -0.39 is 0 Å². The van der Waals surface area contributed by atoms with E-state index in [4.69, 9.17) is 19.5 Å². The molecule has 48 heavy (non-hydrogen) atoms. The Morgan fingerprint density at radius 2 is 1.60 bits per heavy atom. The van der Waals surface area contributed by atoms with Gasteiger partial charge in [0.15, 0.2) is 0 Å². The van der Waals surface area contributed by atoms with Crippen molar-refractivity contribution in [3.63, 3.8) is 0 Å². The third-order valence-electron chi connectivity index (χ3n) is 9.30. The van der Waals surface area contributed by atoms with Crippen LogP contribution in [0.2, 0.25) is 0 Å². The van der Waals surface area contributed by atoms with Crippen molar-refractivity contribution < 1.29 is 30.5 Å². The second-order valence-corrected chi connectivity index (χ2v) is 14.4. The van der Waals surface area contributed by atoms with Gasteiger partial charge < -0.3 is 14.4 Å². The van der Waals surface area contributed by atoms with Crippen LogP contribution in [0.15, 0.2) is 102 Å². The van der Waals surface area contributed by atoms with E-state index in [1.54, 1.807) is 0 Å². The van der Waals surface area contributed by atoms with Crippen LogP contribution in [-0.2, 0) is 36.6 Å². The van der Waals surface area contributed by atoms with E-state index in [9.17, 15) is 0 Å². The molecule has 0 unspecified atom stereocenters. The third kappa shape index (κ3) is 6.33. The number of ether oxygens (including phenoxy) is 2. The van der Waals surface area contributed by atoms with Crippen molar-refractivity contribution in [2.24, 2.45) is 10.9 Å². The molecule has 7 rings (SSSR count). The van der Waals surface area contributed by atoms with Gasteiger partial charge in [-0.15, -0.1) is 23.8 Å². The van der Waals surface area contributed by atoms with Crippen LogP contribution in [0.1, 0.15) is 70.7 Å². The van der Waals surface area contributed by atoms with E-state index in [0.717, 1.165) is 39.4 Å². The van der Waals surface area contributed by atoms with Crippen LogP contribution < -0.4 is 9.64 Å². The fraction of sp³-hybridized carbons (Fsp3) is 0.286. The standard InChI is InChI=1S/C42H41N3O2.Pt/c1-27(2)36-26-46-40(44-36)30-21-29(28-13-9-8-10-14-28)22-33(23-30)47-32-17-18-35-38(25-32)45(37-16-12-11-15-34(37)42(35,6)7)39-24-31(19-20-43-39)41(3,4)5;/h8-22,24,27,36H,26H2,1-7H3;/q-2;+2/t36-;/m0./s1. The van der Waals surface area contributed by atoms with Gasteiger partial charge in [-0.05, 0) is 51.6 Å². The largest absolute Gasteiger partial charge is 2.00 e. The summed E-state index contributed by atoms with van der Waals surface area (Å²) in [7, 11) is 0. The van der Waals surface area contributed by atoms with Crippen molar-refractivity contribution >= 4 is 23.1 Å². The Kier molecular flexibility index (Phi) is 9.13. The normalized spacial score (nSPS) is 16.4. The van der Waals surface area contributed by atoms with Crippen LogP contribution in [0, 0.1) is 18.1 Å². The summed E-state index contributed by atoms with van der Waals surface area (Å²) >= 11 is 0. The molecule has 2 aliphatic rings. The number of rotatable bonds is 6. The number of anilines is 3. The molecule has 0 fully saturated rings. The van der Waals surface area contributed by atoms with E-state index in [2.05, 4.69) is 126 Å². The van der Waals surface area contributed by atoms with Gasteiger partial charge in [-0.25, -0.2) is 4.98 Å². The van der Waals surface area contributed by atoms with Gasteiger partial charge in [-0.3, -0.25) is 4.99 Å². The summed E-state index contributed by atoms with van der Waals surface area (Å²) < 4.78 is 12.7. The predicted octanol–water partition coefficient (Wildman–Crippen LogP) is 10.3. The summed E-state index contributed by atoms with van der Waals surface area (Å²) in [5.41, 5.74) is 8.21. The van der Waals surface area contributed by atoms with Gasteiger partial charge in [-0.2, -0.15) is 6.07 Å². The number of hydrogen-bond acceptors (Lipinski definition) is 5. The first kappa shape index (κ1) is 33.7. The molecule has 0 saturated heterocycles. The monoisotopic (exact) mass is 814 g/mol. The second kappa shape index (κ2) is 13.0. The first-order valence-electron chi connectivity index (χ1n) is 16.4. The molecule has 5 nitrogen and oxygen atoms in total. The Morgan fingerprint density at radius 3 is 2.33 bits per heavy atom. The number of para-hydroxylation sites is 1. The van der Waals surface area contributed by atoms with Gasteiger partial charge in [0.1, 0.15) is 11.7 Å². The minimum Gasteiger partial charge on any atom is -0.518 e. The van der Waals surface area contributed by atoms with Crippen molar-refractivity contribution in [2.45, 2.75) is 65.3 Å². The minimum absolute atomic E-state index is 0. The zero-order valence-corrected chi connectivity index (χ0v) is 30.8. The molecule has 0 spiro atoms. The number of hydrogen-bond donors (Lipinski definition) is 0. The van der Waals surface area contributed by atoms with Crippen molar-refractivity contribution in [2.75, 3.05) is 11.5 Å². The molecule has 6 heteroatoms. The Balaban J connectivity index is 0.00000401. The molecule has 1 atom stereocenters. The van der Waals surface area contributed by atoms with Crippen LogP contribution in [0.3, 0.4) is 0 Å². The van der Waals surface area contributed by atoms with Gasteiger partial charge >= 0.3 is 21.1 Å². The molecule has 0 amide bonds. The molecular weight excluding hydrogens is 774 g/mol. The van der Waals surface area contributed by atoms with Crippen LogP contribution >= 0.6 is 0 Å². The number of aliphatic imine (C=N–C) groups is 1. The first-order valence-corrected chi connectivity index (χ1v) is 16.4. The molecule has 246 valence electrons. The molecular formula is C42H41N3O2Pt. The van der Waals surface area contributed by atoms with Crippen LogP contribution in [-0.4, -0.2) is 23.5 Å². The Labute approximate surface area is 299 Å². The fourth-order valence-electron chi connectivity index (χ4n) is 6.42. The van der Waals surface area contributed by atoms with Gasteiger partial charge in [-0.1, -0.05) is 126 Å². The Hall–Kier alpha value is -4.21. The maximum atomic E-state index is 6.63. The molecule has 2 aliphatic heterocycles. The zero-order chi connectivity index (χ0) is 32.9. The van der Waals surface area contributed by atoms with E-state index in [-0.39, 0.29) is 37.9 Å². The van der Waals surface area contributed by atoms with Crippen molar-refractivity contribution in [3.05, 3.63) is 132 Å². The Morgan fingerprint density at radius 1 is 0.854 bits per heavy atom. The SMILES string of the molecule is CC(C)[C@@H]1COC(c2[c-]c(Oc3[c-]c4c(cc3)C(C)(C)c3ccccc3N4c3cc(C(C)(C)C)ccn3)cc(-c3ccccc3)c2)=N1.[Pt+2]. The molecule has 5 aromatic rings. The quantitative estimate of drug-likeness (QED) is 0.160. The van der Waals surface area contributed by atoms with Crippen LogP contribution in [0.25, 0.3) is 11.1 Å². The smallest absolute Gasteiger partial charge is 0.518 e. The molecule has 1 aromatic heterocycles. The van der Waals surface area contributed by atoms with Gasteiger partial charge in [0.2, 0.25) is 0 Å². The average Bonchev–Trinajstić information content (AvgIpc) is 3.56. The fourth-order valence-corrected chi connectivity index (χ4v) is 6.42. The number of benzene rings is 4. The summed E-state index contributed by atoms with van der Waals surface area (Å²) in [5, 5.41) is 0. The molecule has 3 heterocycles. The zero-order valence-electron chi connectivity index (χ0n) is 28.6. The van der Waals surface area contributed by atoms with Gasteiger partial charge in [0.25, 0.3) is 0 Å². The number of aromatic nitrogens is 1. The van der Waals surface area contributed by atoms with Gasteiger partial charge in [0, 0.05) is 23.4 Å². The summed E-state index contributed by atoms with van der Waals surface area (Å²) in [6.07, 6.45) is 1.90. The molecule has 0 aliphatic carbocycles. The van der Waals surface area contributed by atoms with E-state index in [1.807, 2.05) is 36.5 Å². The number of nitrogens with zero attached hydrogens (tertiary/aromatic N) is 3. The number of pyridine rings is 1. The summed E-state index contributed by atoms with van der Waals surface area (Å²) in [5.74, 6) is 3.02. The van der Waals surface area contributed by atoms with Crippen molar-refractivity contribution in [1.29, 1.82) is 0 Å². The van der Waals surface area contributed by atoms with Crippen molar-refractivity contribution in [3.8, 4) is 22.6 Å². The van der Waals surface area contributed by atoms with Gasteiger partial charge in [0.05, 0.1) is 12.6 Å². The number of fused-ring (bicyclic) bond motifs is 2. The first-order chi connectivity index (χ1) is 22.5. The van der Waals surface area contributed by atoms with E-state index >= 15 is 0 Å². The molecule has 0 bridgehead atoms. The summed E-state index contributed by atoms with van der Waals surface area (Å²) in [6, 6.07) is 38.7. The maximum absolute atomic E-state index is 6.63. The predicted molar refractivity (Wildman–Crippen MR) is 190 cm³/mol. The third-order valence-corrected chi connectivity index (χ3v) is 9.30. The Bertz CT molecular complexity index is 1980. The van der Waals surface area contributed by atoms with Crippen LogP contribution in [0.5, 0.6) is 11.5 Å². The van der Waals surface area contributed by atoms with Crippen molar-refractivity contribution in [1.82, 2.24) is 4.98 Å². The summed E-state index contributed by atoms with van der Waals surface area (Å²) in [6.45, 7) is 16.1. The molecule has 0 N–H and O–H groups in total.